The highest BCUT2D eigenvalue weighted by atomic mass is 16.5. The lowest BCUT2D eigenvalue weighted by atomic mass is 10.2. The molecule has 1 amide bonds. The number of aryl methyl sites for hydroxylation is 2. The van der Waals surface area contributed by atoms with Crippen molar-refractivity contribution in [1.82, 2.24) is 29.5 Å². The molecule has 1 aliphatic rings. The molecule has 2 aromatic heterocycles. The van der Waals surface area contributed by atoms with Gasteiger partial charge in [-0.15, -0.1) is 0 Å². The van der Waals surface area contributed by atoms with Gasteiger partial charge in [-0.2, -0.15) is 10.1 Å². The molecule has 1 aliphatic heterocycles. The van der Waals surface area contributed by atoms with Crippen molar-refractivity contribution < 1.29 is 9.53 Å². The Labute approximate surface area is 141 Å². The number of carbonyl (C=O) groups excluding carboxylic acids is 1. The topological polar surface area (TPSA) is 76.4 Å². The summed E-state index contributed by atoms with van der Waals surface area (Å²) in [7, 11) is 2.06. The number of nitrogens with zero attached hydrogens (tertiary/aromatic N) is 6. The van der Waals surface area contributed by atoms with E-state index in [2.05, 4.69) is 27.0 Å². The molecule has 1 fully saturated rings. The number of aromatic nitrogens is 4. The Morgan fingerprint density at radius 2 is 1.88 bits per heavy atom. The van der Waals surface area contributed by atoms with Gasteiger partial charge in [0.25, 0.3) is 5.91 Å². The second-order valence-corrected chi connectivity index (χ2v) is 5.98. The fourth-order valence-electron chi connectivity index (χ4n) is 2.87. The van der Waals surface area contributed by atoms with Crippen molar-refractivity contribution in [2.75, 3.05) is 39.8 Å². The number of hydrogen-bond acceptors (Lipinski definition) is 6. The summed E-state index contributed by atoms with van der Waals surface area (Å²) in [6.07, 6.45) is 0. The molecule has 3 rings (SSSR count). The molecule has 0 aliphatic carbocycles. The molecule has 0 aromatic carbocycles. The third kappa shape index (κ3) is 2.93. The number of piperazine rings is 1. The molecular weight excluding hydrogens is 308 g/mol. The smallest absolute Gasteiger partial charge is 0.278 e. The van der Waals surface area contributed by atoms with E-state index >= 15 is 0 Å². The van der Waals surface area contributed by atoms with Crippen LogP contribution < -0.4 is 4.74 Å². The summed E-state index contributed by atoms with van der Waals surface area (Å²) in [5, 5.41) is 4.44. The number of rotatable bonds is 4. The van der Waals surface area contributed by atoms with E-state index in [0.717, 1.165) is 18.8 Å². The molecule has 24 heavy (non-hydrogen) atoms. The summed E-state index contributed by atoms with van der Waals surface area (Å²) >= 11 is 0. The van der Waals surface area contributed by atoms with E-state index in [1.54, 1.807) is 4.68 Å². The van der Waals surface area contributed by atoms with Crippen LogP contribution in [0.25, 0.3) is 11.2 Å². The summed E-state index contributed by atoms with van der Waals surface area (Å²) in [5.74, 6) is 0.174. The number of ether oxygens (including phenoxy) is 1. The van der Waals surface area contributed by atoms with E-state index in [9.17, 15) is 4.79 Å². The van der Waals surface area contributed by atoms with Crippen LogP contribution in [0.3, 0.4) is 0 Å². The normalized spacial score (nSPS) is 15.9. The van der Waals surface area contributed by atoms with E-state index in [4.69, 9.17) is 4.74 Å². The van der Waals surface area contributed by atoms with Gasteiger partial charge in [-0.05, 0) is 27.8 Å². The van der Waals surface area contributed by atoms with Crippen LogP contribution in [0, 0.1) is 6.92 Å². The third-order valence-electron chi connectivity index (χ3n) is 4.28. The zero-order valence-electron chi connectivity index (χ0n) is 14.7. The van der Waals surface area contributed by atoms with Gasteiger partial charge in [-0.3, -0.25) is 4.79 Å². The van der Waals surface area contributed by atoms with E-state index in [-0.39, 0.29) is 11.6 Å². The standard InChI is InChI=1S/C16H24N6O2/c1-5-22-14-12(11(3)19-22)17-13(15(18-14)24-6-2)16(23)21-9-7-20(4)8-10-21/h5-10H2,1-4H3. The van der Waals surface area contributed by atoms with E-state index < -0.39 is 0 Å². The molecule has 0 spiro atoms. The summed E-state index contributed by atoms with van der Waals surface area (Å²) < 4.78 is 7.40. The van der Waals surface area contributed by atoms with Gasteiger partial charge in [-0.25, -0.2) is 9.67 Å². The number of fused-ring (bicyclic) bond motifs is 1. The Morgan fingerprint density at radius 3 is 2.50 bits per heavy atom. The fraction of sp³-hybridized carbons (Fsp3) is 0.625. The quantitative estimate of drug-likeness (QED) is 0.829. The minimum atomic E-state index is -0.121. The number of likely N-dealkylation sites (N-methyl/N-ethyl adjacent to an activating group) is 1. The molecule has 0 radical (unpaired) electrons. The predicted octanol–water partition coefficient (Wildman–Crippen LogP) is 0.941. The zero-order valence-corrected chi connectivity index (χ0v) is 14.7. The third-order valence-corrected chi connectivity index (χ3v) is 4.28. The van der Waals surface area contributed by atoms with Gasteiger partial charge in [-0.1, -0.05) is 0 Å². The average Bonchev–Trinajstić information content (AvgIpc) is 2.90. The lowest BCUT2D eigenvalue weighted by molar-refractivity contribution is 0.0653. The van der Waals surface area contributed by atoms with Crippen LogP contribution in [0.5, 0.6) is 5.88 Å². The minimum Gasteiger partial charge on any atom is -0.476 e. The van der Waals surface area contributed by atoms with Gasteiger partial charge >= 0.3 is 0 Å². The van der Waals surface area contributed by atoms with Crippen molar-refractivity contribution in [2.45, 2.75) is 27.3 Å². The van der Waals surface area contributed by atoms with Crippen LogP contribution in [-0.4, -0.2) is 75.3 Å². The van der Waals surface area contributed by atoms with E-state index in [0.29, 0.717) is 43.3 Å². The largest absolute Gasteiger partial charge is 0.476 e. The molecule has 8 heteroatoms. The molecule has 0 atom stereocenters. The van der Waals surface area contributed by atoms with Gasteiger partial charge in [0.1, 0.15) is 5.52 Å². The highest BCUT2D eigenvalue weighted by Gasteiger charge is 2.27. The van der Waals surface area contributed by atoms with Crippen molar-refractivity contribution in [3.05, 3.63) is 11.4 Å². The number of carbonyl (C=O) groups is 1. The first-order valence-corrected chi connectivity index (χ1v) is 8.40. The summed E-state index contributed by atoms with van der Waals surface area (Å²) in [5.41, 5.74) is 2.38. The highest BCUT2D eigenvalue weighted by molar-refractivity contribution is 5.96. The van der Waals surface area contributed by atoms with Crippen LogP contribution in [-0.2, 0) is 6.54 Å². The van der Waals surface area contributed by atoms with Crippen LogP contribution in [0.4, 0.5) is 0 Å². The van der Waals surface area contributed by atoms with Gasteiger partial charge < -0.3 is 14.5 Å². The fourth-order valence-corrected chi connectivity index (χ4v) is 2.87. The molecule has 0 unspecified atom stereocenters. The predicted molar refractivity (Wildman–Crippen MR) is 90.3 cm³/mol. The van der Waals surface area contributed by atoms with Crippen molar-refractivity contribution >= 4 is 17.1 Å². The maximum absolute atomic E-state index is 12.9. The molecule has 3 heterocycles. The van der Waals surface area contributed by atoms with Gasteiger partial charge in [0.05, 0.1) is 12.3 Å². The summed E-state index contributed by atoms with van der Waals surface area (Å²) in [4.78, 5) is 26.1. The molecule has 1 saturated heterocycles. The second kappa shape index (κ2) is 6.72. The lowest BCUT2D eigenvalue weighted by Gasteiger charge is -2.32. The first-order chi connectivity index (χ1) is 11.5. The summed E-state index contributed by atoms with van der Waals surface area (Å²) in [6, 6.07) is 0. The van der Waals surface area contributed by atoms with Gasteiger partial charge in [0, 0.05) is 32.7 Å². The van der Waals surface area contributed by atoms with Crippen LogP contribution >= 0.6 is 0 Å². The minimum absolute atomic E-state index is 0.121. The van der Waals surface area contributed by atoms with Crippen molar-refractivity contribution in [2.24, 2.45) is 0 Å². The first kappa shape index (κ1) is 16.6. The lowest BCUT2D eigenvalue weighted by Crippen LogP contribution is -2.47. The molecular formula is C16H24N6O2. The first-order valence-electron chi connectivity index (χ1n) is 8.40. The van der Waals surface area contributed by atoms with Crippen molar-refractivity contribution in [3.63, 3.8) is 0 Å². The van der Waals surface area contributed by atoms with Crippen LogP contribution in [0.15, 0.2) is 0 Å². The second-order valence-electron chi connectivity index (χ2n) is 5.98. The van der Waals surface area contributed by atoms with Crippen molar-refractivity contribution in [1.29, 1.82) is 0 Å². The molecule has 8 nitrogen and oxygen atoms in total. The zero-order chi connectivity index (χ0) is 17.3. The van der Waals surface area contributed by atoms with Crippen molar-refractivity contribution in [3.8, 4) is 5.88 Å². The van der Waals surface area contributed by atoms with Gasteiger partial charge in [0.15, 0.2) is 11.3 Å². The Morgan fingerprint density at radius 1 is 1.17 bits per heavy atom. The molecule has 0 N–H and O–H groups in total. The summed E-state index contributed by atoms with van der Waals surface area (Å²) in [6.45, 7) is 9.97. The highest BCUT2D eigenvalue weighted by Crippen LogP contribution is 2.23. The molecule has 0 bridgehead atoms. The van der Waals surface area contributed by atoms with E-state index in [1.165, 1.54) is 0 Å². The van der Waals surface area contributed by atoms with E-state index in [1.807, 2.05) is 25.7 Å². The Kier molecular flexibility index (Phi) is 4.66. The Balaban J connectivity index is 2.03. The molecule has 130 valence electrons. The van der Waals surface area contributed by atoms with Gasteiger partial charge in [0.2, 0.25) is 5.88 Å². The number of amides is 1. The maximum Gasteiger partial charge on any atom is 0.278 e. The molecule has 2 aromatic rings. The van der Waals surface area contributed by atoms with Crippen LogP contribution in [0.1, 0.15) is 30.0 Å². The molecule has 0 saturated carbocycles. The monoisotopic (exact) mass is 332 g/mol. The Bertz CT molecular complexity index is 749. The Hall–Kier alpha value is -2.22. The SMILES string of the molecule is CCOc1nc2c(nc1C(=O)N1CCN(C)CC1)c(C)nn2CC. The maximum atomic E-state index is 12.9. The number of hydrogen-bond donors (Lipinski definition) is 0. The average molecular weight is 332 g/mol. The van der Waals surface area contributed by atoms with Crippen LogP contribution in [0.2, 0.25) is 0 Å².